The predicted molar refractivity (Wildman–Crippen MR) is 143 cm³/mol. The van der Waals surface area contributed by atoms with Crippen LogP contribution in [0.15, 0.2) is 84.9 Å². The highest BCUT2D eigenvalue weighted by atomic mass is 19.1. The molecule has 0 amide bonds. The van der Waals surface area contributed by atoms with Crippen molar-refractivity contribution in [3.8, 4) is 6.07 Å². The topological polar surface area (TPSA) is 33.5 Å². The third kappa shape index (κ3) is 4.52. The molecule has 3 saturated heterocycles. The summed E-state index contributed by atoms with van der Waals surface area (Å²) in [5, 5.41) is 10.2. The average Bonchev–Trinajstić information content (AvgIpc) is 3.63. The van der Waals surface area contributed by atoms with E-state index in [1.165, 1.54) is 6.42 Å². The molecule has 3 aliphatic rings. The zero-order valence-corrected chi connectivity index (χ0v) is 21.2. The van der Waals surface area contributed by atoms with Crippen LogP contribution in [0.1, 0.15) is 30.4 Å². The molecule has 3 aromatic rings. The molecule has 3 aromatic carbocycles. The Labute approximate surface area is 214 Å². The van der Waals surface area contributed by atoms with Gasteiger partial charge in [-0.05, 0) is 75.3 Å². The Bertz CT molecular complexity index is 1130. The van der Waals surface area contributed by atoms with Gasteiger partial charge in [0.1, 0.15) is 11.2 Å². The number of hydrogen-bond acceptors (Lipinski definition) is 4. The van der Waals surface area contributed by atoms with Crippen LogP contribution in [0.4, 0.5) is 10.1 Å². The first-order valence-corrected chi connectivity index (χ1v) is 13.0. The number of halogens is 1. The molecule has 0 N–H and O–H groups in total. The van der Waals surface area contributed by atoms with Crippen LogP contribution in [0.3, 0.4) is 0 Å². The molecular weight excluding hydrogens is 447 g/mol. The van der Waals surface area contributed by atoms with Crippen molar-refractivity contribution in [2.75, 3.05) is 38.6 Å². The minimum absolute atomic E-state index is 0.153. The van der Waals surface area contributed by atoms with Crippen LogP contribution in [0.2, 0.25) is 0 Å². The number of anilines is 1. The van der Waals surface area contributed by atoms with Crippen LogP contribution >= 0.6 is 0 Å². The lowest BCUT2D eigenvalue weighted by atomic mass is 9.69. The van der Waals surface area contributed by atoms with Gasteiger partial charge in [0.05, 0.1) is 6.07 Å². The minimum Gasteiger partial charge on any atom is -0.366 e. The predicted octanol–water partition coefficient (Wildman–Crippen LogP) is 5.31. The van der Waals surface area contributed by atoms with Gasteiger partial charge in [-0.25, -0.2) is 4.39 Å². The molecule has 3 fully saturated rings. The Morgan fingerprint density at radius 2 is 1.42 bits per heavy atom. The minimum atomic E-state index is -0.590. The Kier molecular flexibility index (Phi) is 7.09. The van der Waals surface area contributed by atoms with Gasteiger partial charge in [0.25, 0.3) is 0 Å². The Morgan fingerprint density at radius 1 is 0.806 bits per heavy atom. The van der Waals surface area contributed by atoms with Gasteiger partial charge in [0.15, 0.2) is 0 Å². The summed E-state index contributed by atoms with van der Waals surface area (Å²) in [6.07, 6.45) is 3.48. The summed E-state index contributed by atoms with van der Waals surface area (Å²) in [5.41, 5.74) is 2.76. The molecule has 5 heteroatoms. The molecule has 3 atom stereocenters. The van der Waals surface area contributed by atoms with Gasteiger partial charge in [0, 0.05) is 36.9 Å². The molecule has 0 radical (unpaired) electrons. The average molecular weight is 483 g/mol. The summed E-state index contributed by atoms with van der Waals surface area (Å²) < 4.78 is 12.8. The highest BCUT2D eigenvalue weighted by Gasteiger charge is 2.46. The molecule has 4 nitrogen and oxygen atoms in total. The maximum Gasteiger partial charge on any atom is 0.123 e. The number of hydrogen-bond donors (Lipinski definition) is 0. The maximum atomic E-state index is 12.8. The monoisotopic (exact) mass is 482 g/mol. The van der Waals surface area contributed by atoms with Crippen molar-refractivity contribution in [1.82, 2.24) is 9.80 Å². The van der Waals surface area contributed by atoms with Crippen molar-refractivity contribution in [2.45, 2.75) is 42.8 Å². The van der Waals surface area contributed by atoms with Gasteiger partial charge in [-0.3, -0.25) is 4.90 Å². The first-order chi connectivity index (χ1) is 17.5. The van der Waals surface area contributed by atoms with Crippen LogP contribution in [0.25, 0.3) is 0 Å². The van der Waals surface area contributed by atoms with E-state index < -0.39 is 5.41 Å². The Morgan fingerprint density at radius 3 is 1.86 bits per heavy atom. The maximum absolute atomic E-state index is 12.8. The molecule has 0 spiro atoms. The fourth-order valence-electron chi connectivity index (χ4n) is 6.43. The van der Waals surface area contributed by atoms with E-state index in [1.54, 1.807) is 12.1 Å². The van der Waals surface area contributed by atoms with Gasteiger partial charge < -0.3 is 9.80 Å². The van der Waals surface area contributed by atoms with Gasteiger partial charge in [0.2, 0.25) is 0 Å². The van der Waals surface area contributed by atoms with Crippen LogP contribution in [-0.4, -0.2) is 61.7 Å². The van der Waals surface area contributed by atoms with Crippen LogP contribution in [-0.2, 0) is 5.41 Å². The summed E-state index contributed by atoms with van der Waals surface area (Å²) in [5.74, 6) is -0.153. The second-order valence-electron chi connectivity index (χ2n) is 10.4. The Balaban J connectivity index is 0.000000156. The number of likely N-dealkylation sites (N-methyl/N-ethyl adjacent to an activating group) is 2. The zero-order valence-electron chi connectivity index (χ0n) is 21.2. The summed E-state index contributed by atoms with van der Waals surface area (Å²) in [7, 11) is 4.32. The number of benzene rings is 3. The van der Waals surface area contributed by atoms with E-state index in [0.29, 0.717) is 12.1 Å². The highest BCUT2D eigenvalue weighted by molar-refractivity contribution is 5.50. The van der Waals surface area contributed by atoms with E-state index in [0.717, 1.165) is 49.3 Å². The second kappa shape index (κ2) is 10.4. The molecule has 6 rings (SSSR count). The summed E-state index contributed by atoms with van der Waals surface area (Å²) >= 11 is 0. The van der Waals surface area contributed by atoms with Crippen LogP contribution in [0.5, 0.6) is 0 Å². The Hall–Kier alpha value is -3.20. The molecule has 3 heterocycles. The number of fused-ring (bicyclic) bond motifs is 2. The molecule has 0 aromatic heterocycles. The SMILES string of the molecule is CN1CC2CC1CN2c1ccc(F)cc1.CN1CCCC1C(C#N)(c1ccccc1)c1ccccc1. The number of likely N-dealkylation sites (tertiary alicyclic amines) is 2. The normalized spacial score (nSPS) is 23.8. The quantitative estimate of drug-likeness (QED) is 0.505. The smallest absolute Gasteiger partial charge is 0.123 e. The lowest BCUT2D eigenvalue weighted by Crippen LogP contribution is -2.46. The first kappa shape index (κ1) is 24.5. The van der Waals surface area contributed by atoms with Gasteiger partial charge in [-0.15, -0.1) is 0 Å². The number of rotatable bonds is 4. The highest BCUT2D eigenvalue weighted by Crippen LogP contribution is 2.41. The van der Waals surface area contributed by atoms with E-state index in [9.17, 15) is 9.65 Å². The van der Waals surface area contributed by atoms with E-state index in [1.807, 2.05) is 48.5 Å². The summed E-state index contributed by atoms with van der Waals surface area (Å²) in [6, 6.07) is 31.6. The standard InChI is InChI=1S/C19H20N2.C12H15FN2/c1-21-14-8-13-18(21)19(15-20,16-9-4-2-5-10-16)17-11-6-3-7-12-17;1-14-7-12-6-11(14)8-15(12)10-4-2-9(13)3-5-10/h2-7,9-12,18H,8,13-14H2,1H3;2-5,11-12H,6-8H2,1H3. The van der Waals surface area contributed by atoms with Crippen molar-refractivity contribution < 1.29 is 4.39 Å². The third-order valence-electron chi connectivity index (χ3n) is 8.33. The van der Waals surface area contributed by atoms with E-state index in [-0.39, 0.29) is 11.9 Å². The third-order valence-corrected chi connectivity index (χ3v) is 8.33. The lowest BCUT2D eigenvalue weighted by molar-refractivity contribution is 0.253. The largest absolute Gasteiger partial charge is 0.366 e. The fraction of sp³-hybridized carbons (Fsp3) is 0.387. The molecular formula is C31H35FN4. The molecule has 36 heavy (non-hydrogen) atoms. The van der Waals surface area contributed by atoms with E-state index >= 15 is 0 Å². The summed E-state index contributed by atoms with van der Waals surface area (Å²) in [6.45, 7) is 3.29. The zero-order chi connectivity index (χ0) is 25.1. The van der Waals surface area contributed by atoms with Gasteiger partial charge >= 0.3 is 0 Å². The molecule has 2 bridgehead atoms. The molecule has 0 saturated carbocycles. The second-order valence-corrected chi connectivity index (χ2v) is 10.4. The van der Waals surface area contributed by atoms with Crippen LogP contribution in [0, 0.1) is 17.1 Å². The van der Waals surface area contributed by atoms with E-state index in [2.05, 4.69) is 59.1 Å². The van der Waals surface area contributed by atoms with Crippen molar-refractivity contribution >= 4 is 5.69 Å². The number of piperazine rings is 1. The molecule has 3 aliphatic heterocycles. The fourth-order valence-corrected chi connectivity index (χ4v) is 6.43. The number of nitrogens with zero attached hydrogens (tertiary/aromatic N) is 4. The van der Waals surface area contributed by atoms with Crippen molar-refractivity contribution in [1.29, 1.82) is 5.26 Å². The number of nitriles is 1. The van der Waals surface area contributed by atoms with Gasteiger partial charge in [-0.1, -0.05) is 60.7 Å². The molecule has 0 aliphatic carbocycles. The molecule has 186 valence electrons. The molecule has 3 unspecified atom stereocenters. The van der Waals surface area contributed by atoms with Crippen molar-refractivity contribution in [3.05, 3.63) is 102 Å². The van der Waals surface area contributed by atoms with Gasteiger partial charge in [-0.2, -0.15) is 5.26 Å². The summed E-state index contributed by atoms with van der Waals surface area (Å²) in [4.78, 5) is 7.16. The lowest BCUT2D eigenvalue weighted by Gasteiger charge is -2.37. The van der Waals surface area contributed by atoms with Crippen molar-refractivity contribution in [3.63, 3.8) is 0 Å². The van der Waals surface area contributed by atoms with Crippen LogP contribution < -0.4 is 4.90 Å². The van der Waals surface area contributed by atoms with Crippen molar-refractivity contribution in [2.24, 2.45) is 0 Å². The van der Waals surface area contributed by atoms with E-state index in [4.69, 9.17) is 0 Å². The first-order valence-electron chi connectivity index (χ1n) is 13.0.